The number of nitrogens with one attached hydrogen (secondary N) is 1. The lowest BCUT2D eigenvalue weighted by molar-refractivity contribution is -0.139. The molecule has 0 fully saturated rings. The molecule has 10 heteroatoms. The summed E-state index contributed by atoms with van der Waals surface area (Å²) in [6.45, 7) is 6.93. The number of amides is 2. The molecule has 0 unspecified atom stereocenters. The molecular weight excluding hydrogens is 482 g/mol. The van der Waals surface area contributed by atoms with E-state index in [0.717, 1.165) is 16.3 Å². The van der Waals surface area contributed by atoms with E-state index < -0.39 is 28.5 Å². The van der Waals surface area contributed by atoms with Crippen LogP contribution in [-0.4, -0.2) is 62.9 Å². The van der Waals surface area contributed by atoms with Gasteiger partial charge in [0, 0.05) is 18.7 Å². The summed E-state index contributed by atoms with van der Waals surface area (Å²) in [5.41, 5.74) is 1.31. The zero-order chi connectivity index (χ0) is 26.3. The van der Waals surface area contributed by atoms with Crippen molar-refractivity contribution < 1.29 is 27.5 Å². The van der Waals surface area contributed by atoms with Gasteiger partial charge in [-0.15, -0.1) is 0 Å². The smallest absolute Gasteiger partial charge is 0.244 e. The summed E-state index contributed by atoms with van der Waals surface area (Å²) in [6, 6.07) is 13.6. The normalized spacial score (nSPS) is 14.1. The zero-order valence-electron chi connectivity index (χ0n) is 21.3. The maximum atomic E-state index is 13.6. The summed E-state index contributed by atoms with van der Waals surface area (Å²) >= 11 is 0. The second kappa shape index (κ2) is 12.1. The summed E-state index contributed by atoms with van der Waals surface area (Å²) in [4.78, 5) is 28.0. The minimum Gasteiger partial charge on any atom is -0.454 e. The lowest BCUT2D eigenvalue weighted by atomic mass is 10.1. The van der Waals surface area contributed by atoms with Gasteiger partial charge < -0.3 is 19.7 Å². The number of carbonyl (C=O) groups excluding carboxylic acids is 2. The Morgan fingerprint density at radius 3 is 2.39 bits per heavy atom. The van der Waals surface area contributed by atoms with Crippen LogP contribution < -0.4 is 19.1 Å². The Morgan fingerprint density at radius 2 is 1.72 bits per heavy atom. The van der Waals surface area contributed by atoms with Gasteiger partial charge in [0.1, 0.15) is 12.6 Å². The molecule has 2 aromatic rings. The Labute approximate surface area is 213 Å². The maximum Gasteiger partial charge on any atom is 0.244 e. The molecule has 0 aliphatic carbocycles. The van der Waals surface area contributed by atoms with Crippen molar-refractivity contribution in [1.82, 2.24) is 10.2 Å². The van der Waals surface area contributed by atoms with Crippen molar-refractivity contribution in [2.45, 2.75) is 52.6 Å². The number of nitrogens with zero attached hydrogens (tertiary/aromatic N) is 2. The van der Waals surface area contributed by atoms with Gasteiger partial charge in [-0.2, -0.15) is 0 Å². The first-order valence-corrected chi connectivity index (χ1v) is 13.8. The highest BCUT2D eigenvalue weighted by Gasteiger charge is 2.31. The summed E-state index contributed by atoms with van der Waals surface area (Å²) < 4.78 is 37.9. The fourth-order valence-electron chi connectivity index (χ4n) is 3.80. The molecule has 3 rings (SSSR count). The van der Waals surface area contributed by atoms with Gasteiger partial charge in [-0.1, -0.05) is 37.3 Å². The average molecular weight is 518 g/mol. The first kappa shape index (κ1) is 27.3. The second-order valence-electron chi connectivity index (χ2n) is 8.76. The van der Waals surface area contributed by atoms with Crippen LogP contribution in [0.3, 0.4) is 0 Å². The van der Waals surface area contributed by atoms with E-state index in [1.807, 2.05) is 44.2 Å². The van der Waals surface area contributed by atoms with Gasteiger partial charge in [-0.3, -0.25) is 13.9 Å². The minimum atomic E-state index is -3.81. The first-order valence-electron chi connectivity index (χ1n) is 12.2. The fraction of sp³-hybridized carbons (Fsp3) is 0.462. The van der Waals surface area contributed by atoms with Crippen molar-refractivity contribution in [1.29, 1.82) is 0 Å². The van der Waals surface area contributed by atoms with Crippen LogP contribution in [0.15, 0.2) is 48.5 Å². The molecule has 2 amide bonds. The molecule has 0 aromatic heterocycles. The molecule has 196 valence electrons. The van der Waals surface area contributed by atoms with E-state index in [1.54, 1.807) is 25.1 Å². The van der Waals surface area contributed by atoms with E-state index in [-0.39, 0.29) is 31.0 Å². The van der Waals surface area contributed by atoms with Crippen LogP contribution in [0.25, 0.3) is 0 Å². The SMILES string of the molecule is CC[C@@H](C)NC(=O)[C@@H](C)N(CCc1ccccc1)C(=O)CN(c1ccc2c(c1)OCO2)S(=O)(=O)CC. The van der Waals surface area contributed by atoms with Gasteiger partial charge in [0.2, 0.25) is 28.6 Å². The van der Waals surface area contributed by atoms with Crippen LogP contribution in [0.2, 0.25) is 0 Å². The van der Waals surface area contributed by atoms with Crippen LogP contribution in [0.1, 0.15) is 39.7 Å². The summed E-state index contributed by atoms with van der Waals surface area (Å²) in [6.07, 6.45) is 1.28. The molecule has 1 heterocycles. The molecule has 36 heavy (non-hydrogen) atoms. The molecule has 1 aliphatic rings. The summed E-state index contributed by atoms with van der Waals surface area (Å²) in [7, 11) is -3.81. The Balaban J connectivity index is 1.88. The van der Waals surface area contributed by atoms with E-state index in [2.05, 4.69) is 5.32 Å². The Hall–Kier alpha value is -3.27. The first-order chi connectivity index (χ1) is 17.2. The highest BCUT2D eigenvalue weighted by atomic mass is 32.2. The molecular formula is C26H35N3O6S. The number of rotatable bonds is 12. The summed E-state index contributed by atoms with van der Waals surface area (Å²) in [5, 5.41) is 2.92. The van der Waals surface area contributed by atoms with Crippen LogP contribution in [0, 0.1) is 0 Å². The third-order valence-corrected chi connectivity index (χ3v) is 8.02. The standard InChI is InChI=1S/C26H35N3O6S/c1-5-19(3)27-26(31)20(4)28(15-14-21-10-8-7-9-11-21)25(30)17-29(36(32,33)6-2)22-12-13-23-24(16-22)35-18-34-23/h7-13,16,19-20H,5-6,14-15,17-18H2,1-4H3,(H,27,31)/t19-,20-/m1/s1. The lowest BCUT2D eigenvalue weighted by Crippen LogP contribution is -2.53. The number of fused-ring (bicyclic) bond motifs is 1. The molecule has 0 saturated carbocycles. The number of carbonyl (C=O) groups is 2. The van der Waals surface area contributed by atoms with Crippen LogP contribution >= 0.6 is 0 Å². The summed E-state index contributed by atoms with van der Waals surface area (Å²) in [5.74, 6) is -0.00797. The zero-order valence-corrected chi connectivity index (χ0v) is 22.1. The van der Waals surface area contributed by atoms with E-state index in [1.165, 1.54) is 11.8 Å². The number of benzene rings is 2. The molecule has 0 spiro atoms. The fourth-order valence-corrected chi connectivity index (χ4v) is 4.85. The van der Waals surface area contributed by atoms with E-state index in [4.69, 9.17) is 9.47 Å². The third-order valence-electron chi connectivity index (χ3n) is 6.28. The Bertz CT molecular complexity index is 1160. The Morgan fingerprint density at radius 1 is 1.03 bits per heavy atom. The molecule has 2 atom stereocenters. The van der Waals surface area contributed by atoms with Gasteiger partial charge in [0.15, 0.2) is 11.5 Å². The van der Waals surface area contributed by atoms with Crippen molar-refractivity contribution in [2.24, 2.45) is 0 Å². The largest absolute Gasteiger partial charge is 0.454 e. The van der Waals surface area contributed by atoms with Crippen molar-refractivity contribution in [3.05, 3.63) is 54.1 Å². The van der Waals surface area contributed by atoms with Gasteiger partial charge in [-0.25, -0.2) is 8.42 Å². The molecule has 9 nitrogen and oxygen atoms in total. The van der Waals surface area contributed by atoms with Gasteiger partial charge >= 0.3 is 0 Å². The highest BCUT2D eigenvalue weighted by molar-refractivity contribution is 7.92. The van der Waals surface area contributed by atoms with E-state index in [0.29, 0.717) is 23.6 Å². The van der Waals surface area contributed by atoms with E-state index >= 15 is 0 Å². The molecule has 2 aromatic carbocycles. The lowest BCUT2D eigenvalue weighted by Gasteiger charge is -2.32. The predicted molar refractivity (Wildman–Crippen MR) is 139 cm³/mol. The quantitative estimate of drug-likeness (QED) is 0.464. The Kier molecular flexibility index (Phi) is 9.19. The number of hydrogen-bond acceptors (Lipinski definition) is 6. The molecule has 1 N–H and O–H groups in total. The number of ether oxygens (including phenoxy) is 2. The predicted octanol–water partition coefficient (Wildman–Crippen LogP) is 2.95. The van der Waals surface area contributed by atoms with Crippen LogP contribution in [-0.2, 0) is 26.0 Å². The van der Waals surface area contributed by atoms with Gasteiger partial charge in [-0.05, 0) is 51.3 Å². The third kappa shape index (κ3) is 6.69. The average Bonchev–Trinajstić information content (AvgIpc) is 3.35. The van der Waals surface area contributed by atoms with E-state index in [9.17, 15) is 18.0 Å². The number of sulfonamides is 1. The van der Waals surface area contributed by atoms with Crippen molar-refractivity contribution in [3.63, 3.8) is 0 Å². The highest BCUT2D eigenvalue weighted by Crippen LogP contribution is 2.36. The molecule has 0 radical (unpaired) electrons. The molecule has 1 aliphatic heterocycles. The number of hydrogen-bond donors (Lipinski definition) is 1. The van der Waals surface area contributed by atoms with Crippen LogP contribution in [0.4, 0.5) is 5.69 Å². The molecule has 0 saturated heterocycles. The minimum absolute atomic E-state index is 0.0448. The van der Waals surface area contributed by atoms with Crippen molar-refractivity contribution in [2.75, 3.05) is 29.9 Å². The van der Waals surface area contributed by atoms with Crippen molar-refractivity contribution in [3.8, 4) is 11.5 Å². The van der Waals surface area contributed by atoms with Crippen molar-refractivity contribution >= 4 is 27.5 Å². The monoisotopic (exact) mass is 517 g/mol. The van der Waals surface area contributed by atoms with Crippen LogP contribution in [0.5, 0.6) is 11.5 Å². The molecule has 0 bridgehead atoms. The van der Waals surface area contributed by atoms with Gasteiger partial charge in [0.05, 0.1) is 11.4 Å². The number of anilines is 1. The topological polar surface area (TPSA) is 105 Å². The maximum absolute atomic E-state index is 13.6. The van der Waals surface area contributed by atoms with Gasteiger partial charge in [0.25, 0.3) is 0 Å². The second-order valence-corrected chi connectivity index (χ2v) is 10.9.